The molecule has 2 heterocycles. The van der Waals surface area contributed by atoms with E-state index in [0.717, 1.165) is 17.9 Å². The highest BCUT2D eigenvalue weighted by Crippen LogP contribution is 2.33. The molecule has 2 aliphatic rings. The molecule has 2 fully saturated rings. The van der Waals surface area contributed by atoms with Crippen molar-refractivity contribution < 1.29 is 0 Å². The Morgan fingerprint density at radius 2 is 1.38 bits per heavy atom. The third-order valence-corrected chi connectivity index (χ3v) is 6.62. The number of halogens is 1. The summed E-state index contributed by atoms with van der Waals surface area (Å²) >= 11 is 6.32. The molecule has 2 aliphatic heterocycles. The molecule has 0 aromatic heterocycles. The SMILES string of the molecule is Clc1cccc(C(=C2CCN(CCCN3CCCCC3)CC2)c2ccccc2)c1. The van der Waals surface area contributed by atoms with E-state index in [1.165, 1.54) is 81.7 Å². The van der Waals surface area contributed by atoms with E-state index >= 15 is 0 Å². The van der Waals surface area contributed by atoms with E-state index in [0.29, 0.717) is 0 Å². The van der Waals surface area contributed by atoms with Crippen molar-refractivity contribution >= 4 is 17.2 Å². The van der Waals surface area contributed by atoms with Gasteiger partial charge in [-0.05, 0) is 87.1 Å². The van der Waals surface area contributed by atoms with E-state index in [2.05, 4.69) is 58.3 Å². The van der Waals surface area contributed by atoms with Gasteiger partial charge in [-0.3, -0.25) is 0 Å². The highest BCUT2D eigenvalue weighted by molar-refractivity contribution is 6.30. The average Bonchev–Trinajstić information content (AvgIpc) is 2.77. The molecule has 4 rings (SSSR count). The molecule has 0 N–H and O–H groups in total. The van der Waals surface area contributed by atoms with E-state index < -0.39 is 0 Å². The van der Waals surface area contributed by atoms with Crippen molar-refractivity contribution in [3.8, 4) is 0 Å². The minimum atomic E-state index is 0.812. The van der Waals surface area contributed by atoms with Gasteiger partial charge in [0.15, 0.2) is 0 Å². The Labute approximate surface area is 181 Å². The van der Waals surface area contributed by atoms with Crippen LogP contribution in [0.2, 0.25) is 5.02 Å². The van der Waals surface area contributed by atoms with E-state index in [1.807, 2.05) is 6.07 Å². The van der Waals surface area contributed by atoms with Gasteiger partial charge in [-0.2, -0.15) is 0 Å². The lowest BCUT2D eigenvalue weighted by atomic mass is 9.88. The number of hydrogen-bond donors (Lipinski definition) is 0. The minimum absolute atomic E-state index is 0.812. The number of rotatable bonds is 6. The number of likely N-dealkylation sites (tertiary alicyclic amines) is 2. The van der Waals surface area contributed by atoms with Crippen LogP contribution in [0.5, 0.6) is 0 Å². The van der Waals surface area contributed by atoms with Crippen molar-refractivity contribution in [3.05, 3.63) is 76.3 Å². The summed E-state index contributed by atoms with van der Waals surface area (Å²) in [6.07, 6.45) is 7.82. The fourth-order valence-corrected chi connectivity index (χ4v) is 5.01. The van der Waals surface area contributed by atoms with Gasteiger partial charge >= 0.3 is 0 Å². The molecule has 0 spiro atoms. The van der Waals surface area contributed by atoms with Gasteiger partial charge in [0.1, 0.15) is 0 Å². The van der Waals surface area contributed by atoms with Crippen molar-refractivity contribution in [2.75, 3.05) is 39.3 Å². The molecule has 0 amide bonds. The van der Waals surface area contributed by atoms with Crippen LogP contribution in [0, 0.1) is 0 Å². The van der Waals surface area contributed by atoms with E-state index in [1.54, 1.807) is 5.57 Å². The lowest BCUT2D eigenvalue weighted by molar-refractivity contribution is 0.197. The molecule has 154 valence electrons. The summed E-state index contributed by atoms with van der Waals surface area (Å²) in [6, 6.07) is 19.2. The third-order valence-electron chi connectivity index (χ3n) is 6.39. The molecule has 2 nitrogen and oxygen atoms in total. The van der Waals surface area contributed by atoms with E-state index in [9.17, 15) is 0 Å². The molecule has 0 saturated carbocycles. The number of hydrogen-bond acceptors (Lipinski definition) is 2. The lowest BCUT2D eigenvalue weighted by Crippen LogP contribution is -2.35. The Bertz CT molecular complexity index is 798. The molecular weight excluding hydrogens is 376 g/mol. The Morgan fingerprint density at radius 3 is 2.07 bits per heavy atom. The van der Waals surface area contributed by atoms with Gasteiger partial charge in [-0.1, -0.05) is 66.1 Å². The molecule has 0 unspecified atom stereocenters. The van der Waals surface area contributed by atoms with E-state index in [4.69, 9.17) is 11.6 Å². The van der Waals surface area contributed by atoms with Crippen LogP contribution in [0.4, 0.5) is 0 Å². The molecule has 0 aliphatic carbocycles. The van der Waals surface area contributed by atoms with Gasteiger partial charge in [-0.25, -0.2) is 0 Å². The summed E-state index contributed by atoms with van der Waals surface area (Å²) < 4.78 is 0. The van der Waals surface area contributed by atoms with Gasteiger partial charge in [-0.15, -0.1) is 0 Å². The van der Waals surface area contributed by atoms with Crippen LogP contribution >= 0.6 is 11.6 Å². The largest absolute Gasteiger partial charge is 0.303 e. The highest BCUT2D eigenvalue weighted by atomic mass is 35.5. The zero-order chi connectivity index (χ0) is 19.9. The lowest BCUT2D eigenvalue weighted by Gasteiger charge is -2.32. The quantitative estimate of drug-likeness (QED) is 0.568. The normalized spacial score (nSPS) is 18.7. The van der Waals surface area contributed by atoms with Crippen molar-refractivity contribution in [2.24, 2.45) is 0 Å². The molecule has 2 aromatic carbocycles. The number of benzene rings is 2. The topological polar surface area (TPSA) is 6.48 Å². The summed E-state index contributed by atoms with van der Waals surface area (Å²) in [5.41, 5.74) is 5.52. The first-order valence-corrected chi connectivity index (χ1v) is 11.7. The second-order valence-electron chi connectivity index (χ2n) is 8.45. The molecule has 2 saturated heterocycles. The molecule has 0 bridgehead atoms. The predicted octanol–water partition coefficient (Wildman–Crippen LogP) is 6.11. The van der Waals surface area contributed by atoms with Crippen LogP contribution in [0.15, 0.2) is 60.2 Å². The first-order valence-electron chi connectivity index (χ1n) is 11.3. The third kappa shape index (κ3) is 5.72. The van der Waals surface area contributed by atoms with Crippen LogP contribution in [0.25, 0.3) is 5.57 Å². The summed E-state index contributed by atoms with van der Waals surface area (Å²) in [5.74, 6) is 0. The molecule has 0 atom stereocenters. The molecule has 29 heavy (non-hydrogen) atoms. The fraction of sp³-hybridized carbons (Fsp3) is 0.462. The Morgan fingerprint density at radius 1 is 0.724 bits per heavy atom. The van der Waals surface area contributed by atoms with Crippen molar-refractivity contribution in [1.29, 1.82) is 0 Å². The van der Waals surface area contributed by atoms with Crippen LogP contribution in [0.3, 0.4) is 0 Å². The Balaban J connectivity index is 1.41. The minimum Gasteiger partial charge on any atom is -0.303 e. The summed E-state index contributed by atoms with van der Waals surface area (Å²) in [4.78, 5) is 5.32. The maximum atomic E-state index is 6.32. The van der Waals surface area contributed by atoms with Crippen LogP contribution < -0.4 is 0 Å². The smallest absolute Gasteiger partial charge is 0.0412 e. The van der Waals surface area contributed by atoms with Crippen LogP contribution in [-0.2, 0) is 0 Å². The first-order chi connectivity index (χ1) is 14.3. The molecule has 3 heteroatoms. The standard InChI is InChI=1S/C26H33ClN2/c27-25-12-7-11-24(21-25)26(22-9-3-1-4-10-22)23-13-19-29(20-14-23)18-8-17-28-15-5-2-6-16-28/h1,3-4,7,9-12,21H,2,5-6,8,13-20H2. The van der Waals surface area contributed by atoms with Gasteiger partial charge < -0.3 is 9.80 Å². The molecule has 2 aromatic rings. The van der Waals surface area contributed by atoms with Crippen molar-refractivity contribution in [2.45, 2.75) is 38.5 Å². The first kappa shape index (κ1) is 20.7. The second kappa shape index (κ2) is 10.4. The van der Waals surface area contributed by atoms with Gasteiger partial charge in [0.25, 0.3) is 0 Å². The summed E-state index contributed by atoms with van der Waals surface area (Å²) in [6.45, 7) is 7.48. The van der Waals surface area contributed by atoms with Gasteiger partial charge in [0.2, 0.25) is 0 Å². The summed E-state index contributed by atoms with van der Waals surface area (Å²) in [5, 5.41) is 0.812. The van der Waals surface area contributed by atoms with Crippen LogP contribution in [-0.4, -0.2) is 49.1 Å². The molecule has 0 radical (unpaired) electrons. The number of nitrogens with zero attached hydrogens (tertiary/aromatic N) is 2. The monoisotopic (exact) mass is 408 g/mol. The van der Waals surface area contributed by atoms with E-state index in [-0.39, 0.29) is 0 Å². The highest BCUT2D eigenvalue weighted by Gasteiger charge is 2.19. The maximum Gasteiger partial charge on any atom is 0.0412 e. The molecular formula is C26H33ClN2. The predicted molar refractivity (Wildman–Crippen MR) is 124 cm³/mol. The second-order valence-corrected chi connectivity index (χ2v) is 8.89. The average molecular weight is 409 g/mol. The van der Waals surface area contributed by atoms with Crippen molar-refractivity contribution in [1.82, 2.24) is 9.80 Å². The fourth-order valence-electron chi connectivity index (χ4n) is 4.82. The Hall–Kier alpha value is -1.61. The van der Waals surface area contributed by atoms with Crippen LogP contribution in [0.1, 0.15) is 49.7 Å². The number of piperidine rings is 2. The van der Waals surface area contributed by atoms with Gasteiger partial charge in [0.05, 0.1) is 0 Å². The zero-order valence-electron chi connectivity index (χ0n) is 17.5. The maximum absolute atomic E-state index is 6.32. The van der Waals surface area contributed by atoms with Crippen molar-refractivity contribution in [3.63, 3.8) is 0 Å². The Kier molecular flexibility index (Phi) is 7.43. The summed E-state index contributed by atoms with van der Waals surface area (Å²) in [7, 11) is 0. The van der Waals surface area contributed by atoms with Gasteiger partial charge in [0, 0.05) is 18.1 Å². The zero-order valence-corrected chi connectivity index (χ0v) is 18.2.